The maximum Gasteiger partial charge on any atom is 0.217 e. The Morgan fingerprint density at radius 1 is 0.783 bits per heavy atom. The first kappa shape index (κ1) is 15.6. The zero-order valence-corrected chi connectivity index (χ0v) is 14.5. The molecule has 5 nitrogen and oxygen atoms in total. The minimum Gasteiger partial charge on any atom is -0.223 e. The third-order valence-corrected chi connectivity index (χ3v) is 10.1. The van der Waals surface area contributed by atoms with Crippen LogP contribution >= 0.6 is 0 Å². The van der Waals surface area contributed by atoms with E-state index in [0.717, 1.165) is 25.7 Å². The van der Waals surface area contributed by atoms with Gasteiger partial charge >= 0.3 is 0 Å². The van der Waals surface area contributed by atoms with Crippen LogP contribution < -0.4 is 0 Å². The van der Waals surface area contributed by atoms with Gasteiger partial charge in [-0.15, -0.1) is 0 Å². The van der Waals surface area contributed by atoms with Crippen molar-refractivity contribution >= 4 is 19.9 Å². The molecule has 0 radical (unpaired) electrons. The highest BCUT2D eigenvalue weighted by molar-refractivity contribution is 7.92. The molecule has 23 heavy (non-hydrogen) atoms. The fourth-order valence-corrected chi connectivity index (χ4v) is 8.26. The predicted molar refractivity (Wildman–Crippen MR) is 87.2 cm³/mol. The number of hydrogen-bond donors (Lipinski definition) is 0. The molecule has 1 aliphatic carbocycles. The quantitative estimate of drug-likeness (QED) is 0.828. The SMILES string of the molecule is O=S(=O)(c1ccccc1)C1CC2CCC(C1)N2S(=O)(=O)C1CC1. The number of rotatable bonds is 4. The molecule has 4 rings (SSSR count). The van der Waals surface area contributed by atoms with Crippen LogP contribution in [0.3, 0.4) is 0 Å². The van der Waals surface area contributed by atoms with Gasteiger partial charge in [-0.1, -0.05) is 18.2 Å². The molecule has 2 atom stereocenters. The van der Waals surface area contributed by atoms with Gasteiger partial charge in [0, 0.05) is 12.1 Å². The number of sulfone groups is 1. The van der Waals surface area contributed by atoms with Crippen LogP contribution in [0.5, 0.6) is 0 Å². The van der Waals surface area contributed by atoms with Crippen LogP contribution in [0.4, 0.5) is 0 Å². The van der Waals surface area contributed by atoms with Crippen molar-refractivity contribution in [2.24, 2.45) is 0 Å². The van der Waals surface area contributed by atoms with Crippen molar-refractivity contribution in [1.29, 1.82) is 0 Å². The molecule has 2 unspecified atom stereocenters. The molecular weight excluding hydrogens is 334 g/mol. The molecule has 0 spiro atoms. The first-order chi connectivity index (χ1) is 10.9. The Morgan fingerprint density at radius 3 is 1.87 bits per heavy atom. The molecule has 2 bridgehead atoms. The normalized spacial score (nSPS) is 32.1. The van der Waals surface area contributed by atoms with E-state index in [0.29, 0.717) is 17.7 Å². The molecule has 1 aromatic rings. The van der Waals surface area contributed by atoms with Gasteiger partial charge < -0.3 is 0 Å². The highest BCUT2D eigenvalue weighted by atomic mass is 32.2. The van der Waals surface area contributed by atoms with Gasteiger partial charge in [-0.2, -0.15) is 4.31 Å². The largest absolute Gasteiger partial charge is 0.223 e. The van der Waals surface area contributed by atoms with Crippen LogP contribution in [0.15, 0.2) is 35.2 Å². The molecule has 0 amide bonds. The van der Waals surface area contributed by atoms with Crippen molar-refractivity contribution in [3.05, 3.63) is 30.3 Å². The van der Waals surface area contributed by atoms with Crippen molar-refractivity contribution in [2.75, 3.05) is 0 Å². The van der Waals surface area contributed by atoms with Crippen LogP contribution in [0.2, 0.25) is 0 Å². The van der Waals surface area contributed by atoms with Gasteiger partial charge in [0.2, 0.25) is 10.0 Å². The fraction of sp³-hybridized carbons (Fsp3) is 0.625. The molecule has 1 saturated carbocycles. The highest BCUT2D eigenvalue weighted by Gasteiger charge is 2.53. The Bertz CT molecular complexity index is 786. The average Bonchev–Trinajstić information content (AvgIpc) is 3.34. The molecule has 1 aromatic carbocycles. The fourth-order valence-electron chi connectivity index (χ4n) is 4.09. The van der Waals surface area contributed by atoms with Gasteiger partial charge in [0.15, 0.2) is 9.84 Å². The third kappa shape index (κ3) is 2.53. The smallest absolute Gasteiger partial charge is 0.217 e. The second kappa shape index (κ2) is 5.29. The van der Waals surface area contributed by atoms with Gasteiger partial charge in [-0.05, 0) is 50.7 Å². The summed E-state index contributed by atoms with van der Waals surface area (Å²) in [5.41, 5.74) is 0. The summed E-state index contributed by atoms with van der Waals surface area (Å²) >= 11 is 0. The summed E-state index contributed by atoms with van der Waals surface area (Å²) in [7, 11) is -6.60. The van der Waals surface area contributed by atoms with E-state index in [-0.39, 0.29) is 17.3 Å². The lowest BCUT2D eigenvalue weighted by atomic mass is 10.1. The average molecular weight is 355 g/mol. The minimum atomic E-state index is -3.38. The van der Waals surface area contributed by atoms with Crippen LogP contribution in [-0.4, -0.2) is 43.7 Å². The highest BCUT2D eigenvalue weighted by Crippen LogP contribution is 2.44. The number of nitrogens with zero attached hydrogens (tertiary/aromatic N) is 1. The lowest BCUT2D eigenvalue weighted by molar-refractivity contribution is 0.248. The number of benzene rings is 1. The van der Waals surface area contributed by atoms with Crippen LogP contribution in [-0.2, 0) is 19.9 Å². The Kier molecular flexibility index (Phi) is 3.59. The zero-order valence-electron chi connectivity index (χ0n) is 12.8. The molecule has 3 fully saturated rings. The summed E-state index contributed by atoms with van der Waals surface area (Å²) in [6.07, 6.45) is 3.95. The summed E-state index contributed by atoms with van der Waals surface area (Å²) in [4.78, 5) is 0.350. The van der Waals surface area contributed by atoms with Crippen LogP contribution in [0.25, 0.3) is 0 Å². The Morgan fingerprint density at radius 2 is 1.35 bits per heavy atom. The molecular formula is C16H21NO4S2. The van der Waals surface area contributed by atoms with E-state index in [4.69, 9.17) is 0 Å². The maximum atomic E-state index is 12.8. The van der Waals surface area contributed by atoms with E-state index in [1.54, 1.807) is 34.6 Å². The van der Waals surface area contributed by atoms with E-state index < -0.39 is 25.1 Å². The standard InChI is InChI=1S/C16H21NO4S2/c18-22(19,14-4-2-1-3-5-14)16-10-12-6-7-13(11-16)17(12)23(20,21)15-8-9-15/h1-5,12-13,15-16H,6-11H2. The molecule has 2 saturated heterocycles. The second-order valence-corrected chi connectivity index (χ2v) is 11.3. The van der Waals surface area contributed by atoms with Crippen molar-refractivity contribution in [3.63, 3.8) is 0 Å². The zero-order chi connectivity index (χ0) is 16.2. The van der Waals surface area contributed by atoms with Gasteiger partial charge in [0.05, 0.1) is 15.4 Å². The van der Waals surface area contributed by atoms with Crippen molar-refractivity contribution in [3.8, 4) is 0 Å². The van der Waals surface area contributed by atoms with E-state index in [2.05, 4.69) is 0 Å². The summed E-state index contributed by atoms with van der Waals surface area (Å²) in [6, 6.07) is 8.25. The number of fused-ring (bicyclic) bond motifs is 2. The van der Waals surface area contributed by atoms with Gasteiger partial charge in [0.25, 0.3) is 0 Å². The van der Waals surface area contributed by atoms with E-state index >= 15 is 0 Å². The van der Waals surface area contributed by atoms with Gasteiger partial charge in [0.1, 0.15) is 0 Å². The number of sulfonamides is 1. The lowest BCUT2D eigenvalue weighted by Crippen LogP contribution is -2.50. The Balaban J connectivity index is 1.61. The van der Waals surface area contributed by atoms with E-state index in [1.807, 2.05) is 0 Å². The molecule has 7 heteroatoms. The summed E-state index contributed by atoms with van der Waals surface area (Å²) in [5.74, 6) is 0. The Labute approximate surface area is 137 Å². The first-order valence-electron chi connectivity index (χ1n) is 8.22. The number of piperidine rings is 1. The second-order valence-electron chi connectivity index (χ2n) is 6.91. The minimum absolute atomic E-state index is 0.136. The van der Waals surface area contributed by atoms with E-state index in [1.165, 1.54) is 0 Å². The monoisotopic (exact) mass is 355 g/mol. The summed E-state index contributed by atoms with van der Waals surface area (Å²) in [6.45, 7) is 0. The van der Waals surface area contributed by atoms with Gasteiger partial charge in [-0.3, -0.25) is 0 Å². The third-order valence-electron chi connectivity index (χ3n) is 5.37. The predicted octanol–water partition coefficient (Wildman–Crippen LogP) is 1.95. The van der Waals surface area contributed by atoms with Crippen molar-refractivity contribution < 1.29 is 16.8 Å². The molecule has 2 aliphatic heterocycles. The van der Waals surface area contributed by atoms with E-state index in [9.17, 15) is 16.8 Å². The Hall–Kier alpha value is -0.920. The topological polar surface area (TPSA) is 71.5 Å². The molecule has 0 aromatic heterocycles. The lowest BCUT2D eigenvalue weighted by Gasteiger charge is -2.37. The van der Waals surface area contributed by atoms with Gasteiger partial charge in [-0.25, -0.2) is 16.8 Å². The van der Waals surface area contributed by atoms with Crippen molar-refractivity contribution in [1.82, 2.24) is 4.31 Å². The summed E-state index contributed by atoms with van der Waals surface area (Å²) < 4.78 is 52.6. The molecule has 3 aliphatic rings. The van der Waals surface area contributed by atoms with Crippen LogP contribution in [0.1, 0.15) is 38.5 Å². The summed E-state index contributed by atoms with van der Waals surface area (Å²) in [5, 5.41) is -0.680. The molecule has 2 heterocycles. The van der Waals surface area contributed by atoms with Crippen molar-refractivity contribution in [2.45, 2.75) is 66.0 Å². The number of hydrogen-bond acceptors (Lipinski definition) is 4. The molecule has 126 valence electrons. The first-order valence-corrected chi connectivity index (χ1v) is 11.3. The molecule has 0 N–H and O–H groups in total. The van der Waals surface area contributed by atoms with Crippen LogP contribution in [0, 0.1) is 0 Å². The maximum absolute atomic E-state index is 12.8.